The van der Waals surface area contributed by atoms with Crippen molar-refractivity contribution >= 4 is 11.6 Å². The summed E-state index contributed by atoms with van der Waals surface area (Å²) >= 11 is 6.33. The first-order valence-corrected chi connectivity index (χ1v) is 7.20. The minimum atomic E-state index is 0.238. The zero-order chi connectivity index (χ0) is 14.6. The molecule has 1 N–H and O–H groups in total. The fraction of sp³-hybridized carbons (Fsp3) is 0.786. The summed E-state index contributed by atoms with van der Waals surface area (Å²) in [6.45, 7) is 9.38. The van der Waals surface area contributed by atoms with E-state index >= 15 is 0 Å². The monoisotopic (exact) mass is 286 g/mol. The van der Waals surface area contributed by atoms with E-state index in [1.54, 1.807) is 0 Å². The van der Waals surface area contributed by atoms with Crippen LogP contribution in [0.1, 0.15) is 32.2 Å². The Bertz CT molecular complexity index is 410. The van der Waals surface area contributed by atoms with Crippen LogP contribution in [0.4, 0.5) is 0 Å². The van der Waals surface area contributed by atoms with Crippen LogP contribution in [0.15, 0.2) is 0 Å². The quantitative estimate of drug-likeness (QED) is 0.835. The average Bonchev–Trinajstić information content (AvgIpc) is 2.54. The molecule has 0 fully saturated rings. The van der Waals surface area contributed by atoms with Crippen molar-refractivity contribution in [2.45, 2.75) is 33.7 Å². The number of aromatic nitrogens is 2. The van der Waals surface area contributed by atoms with Gasteiger partial charge in [-0.3, -0.25) is 4.68 Å². The molecule has 0 saturated carbocycles. The smallest absolute Gasteiger partial charge is 0.0863 e. The van der Waals surface area contributed by atoms with Crippen LogP contribution in [0.5, 0.6) is 0 Å². The lowest BCUT2D eigenvalue weighted by Gasteiger charge is -2.28. The van der Waals surface area contributed by atoms with Crippen LogP contribution in [0.2, 0.25) is 5.02 Å². The maximum Gasteiger partial charge on any atom is 0.0863 e. The SMILES string of the molecule is CCc1nn(C)c(CNCC(C)(C)CN(C)C)c1Cl. The molecule has 4 nitrogen and oxygen atoms in total. The molecule has 5 heteroatoms. The molecule has 0 saturated heterocycles. The van der Waals surface area contributed by atoms with E-state index in [0.29, 0.717) is 0 Å². The van der Waals surface area contributed by atoms with E-state index in [0.717, 1.165) is 42.5 Å². The van der Waals surface area contributed by atoms with Gasteiger partial charge in [0.15, 0.2) is 0 Å². The highest BCUT2D eigenvalue weighted by atomic mass is 35.5. The Labute approximate surface area is 122 Å². The average molecular weight is 287 g/mol. The second kappa shape index (κ2) is 6.73. The number of halogens is 1. The zero-order valence-corrected chi connectivity index (χ0v) is 13.8. The summed E-state index contributed by atoms with van der Waals surface area (Å²) in [5.41, 5.74) is 2.29. The van der Waals surface area contributed by atoms with Gasteiger partial charge in [0.1, 0.15) is 0 Å². The molecule has 1 heterocycles. The summed E-state index contributed by atoms with van der Waals surface area (Å²) < 4.78 is 1.88. The minimum absolute atomic E-state index is 0.238. The van der Waals surface area contributed by atoms with Gasteiger partial charge in [0, 0.05) is 26.7 Å². The topological polar surface area (TPSA) is 33.1 Å². The number of nitrogens with zero attached hydrogens (tertiary/aromatic N) is 3. The van der Waals surface area contributed by atoms with Crippen LogP contribution in [0.25, 0.3) is 0 Å². The number of aryl methyl sites for hydroxylation is 2. The van der Waals surface area contributed by atoms with Crippen molar-refractivity contribution in [2.24, 2.45) is 12.5 Å². The Balaban J connectivity index is 2.56. The van der Waals surface area contributed by atoms with Crippen LogP contribution in [-0.2, 0) is 20.0 Å². The Morgan fingerprint density at radius 3 is 2.47 bits per heavy atom. The first-order chi connectivity index (χ1) is 8.76. The number of nitrogens with one attached hydrogen (secondary N) is 1. The molecule has 19 heavy (non-hydrogen) atoms. The molecular weight excluding hydrogens is 260 g/mol. The van der Waals surface area contributed by atoms with Gasteiger partial charge in [-0.25, -0.2) is 0 Å². The molecule has 1 aromatic heterocycles. The summed E-state index contributed by atoms with van der Waals surface area (Å²) in [4.78, 5) is 2.22. The van der Waals surface area contributed by atoms with Crippen molar-refractivity contribution < 1.29 is 0 Å². The molecule has 0 bridgehead atoms. The first-order valence-electron chi connectivity index (χ1n) is 6.82. The van der Waals surface area contributed by atoms with Gasteiger partial charge in [-0.1, -0.05) is 32.4 Å². The van der Waals surface area contributed by atoms with Crippen molar-refractivity contribution in [1.29, 1.82) is 0 Å². The molecule has 1 aromatic rings. The summed E-state index contributed by atoms with van der Waals surface area (Å²) in [5, 5.41) is 8.73. The van der Waals surface area contributed by atoms with Crippen LogP contribution < -0.4 is 5.32 Å². The maximum absolute atomic E-state index is 6.33. The molecule has 0 aliphatic rings. The van der Waals surface area contributed by atoms with E-state index in [1.165, 1.54) is 0 Å². The second-order valence-electron chi connectivity index (χ2n) is 6.19. The molecule has 0 aliphatic heterocycles. The Kier molecular flexibility index (Phi) is 5.83. The zero-order valence-electron chi connectivity index (χ0n) is 13.0. The highest BCUT2D eigenvalue weighted by molar-refractivity contribution is 6.31. The molecule has 0 amide bonds. The fourth-order valence-corrected chi connectivity index (χ4v) is 2.80. The van der Waals surface area contributed by atoms with Gasteiger partial charge in [0.2, 0.25) is 0 Å². The standard InChI is InChI=1S/C14H27ClN4/c1-7-11-13(15)12(19(6)17-11)8-16-9-14(2,3)10-18(4)5/h16H,7-10H2,1-6H3. The third-order valence-corrected chi connectivity index (χ3v) is 3.58. The highest BCUT2D eigenvalue weighted by Gasteiger charge is 2.19. The van der Waals surface area contributed by atoms with Gasteiger partial charge in [0.05, 0.1) is 16.4 Å². The molecule has 0 aliphatic carbocycles. The molecule has 0 radical (unpaired) electrons. The summed E-state index contributed by atoms with van der Waals surface area (Å²) in [6, 6.07) is 0. The van der Waals surface area contributed by atoms with Crippen LogP contribution in [-0.4, -0.2) is 41.9 Å². The summed E-state index contributed by atoms with van der Waals surface area (Å²) in [5.74, 6) is 0. The van der Waals surface area contributed by atoms with Gasteiger partial charge in [0.25, 0.3) is 0 Å². The number of hydrogen-bond acceptors (Lipinski definition) is 3. The Morgan fingerprint density at radius 2 is 2.00 bits per heavy atom. The van der Waals surface area contributed by atoms with Crippen molar-refractivity contribution in [1.82, 2.24) is 20.0 Å². The minimum Gasteiger partial charge on any atom is -0.311 e. The van der Waals surface area contributed by atoms with E-state index in [2.05, 4.69) is 50.2 Å². The highest BCUT2D eigenvalue weighted by Crippen LogP contribution is 2.21. The lowest BCUT2D eigenvalue weighted by Crippen LogP contribution is -2.37. The lowest BCUT2D eigenvalue weighted by molar-refractivity contribution is 0.231. The molecule has 0 unspecified atom stereocenters. The third-order valence-electron chi connectivity index (χ3n) is 3.14. The molecule has 0 spiro atoms. The molecule has 1 rings (SSSR count). The van der Waals surface area contributed by atoms with Crippen LogP contribution >= 0.6 is 11.6 Å². The first kappa shape index (κ1) is 16.5. The molecular formula is C14H27ClN4. The normalized spacial score (nSPS) is 12.4. The van der Waals surface area contributed by atoms with Crippen molar-refractivity contribution in [3.63, 3.8) is 0 Å². The van der Waals surface area contributed by atoms with Gasteiger partial charge < -0.3 is 10.2 Å². The van der Waals surface area contributed by atoms with Crippen molar-refractivity contribution in [2.75, 3.05) is 27.2 Å². The predicted octanol–water partition coefficient (Wildman–Crippen LogP) is 2.31. The summed E-state index contributed by atoms with van der Waals surface area (Å²) in [7, 11) is 6.16. The van der Waals surface area contributed by atoms with Gasteiger partial charge in [-0.15, -0.1) is 0 Å². The van der Waals surface area contributed by atoms with Gasteiger partial charge in [-0.05, 0) is 25.9 Å². The fourth-order valence-electron chi connectivity index (χ4n) is 2.44. The third kappa shape index (κ3) is 4.79. The Hall–Kier alpha value is -0.580. The molecule has 0 atom stereocenters. The number of hydrogen-bond donors (Lipinski definition) is 1. The van der Waals surface area contributed by atoms with Crippen LogP contribution in [0.3, 0.4) is 0 Å². The van der Waals surface area contributed by atoms with E-state index in [9.17, 15) is 0 Å². The van der Waals surface area contributed by atoms with E-state index < -0.39 is 0 Å². The predicted molar refractivity (Wildman–Crippen MR) is 81.6 cm³/mol. The van der Waals surface area contributed by atoms with Crippen molar-refractivity contribution in [3.8, 4) is 0 Å². The van der Waals surface area contributed by atoms with Crippen LogP contribution in [0, 0.1) is 5.41 Å². The summed E-state index contributed by atoms with van der Waals surface area (Å²) in [6.07, 6.45) is 0.874. The van der Waals surface area contributed by atoms with Gasteiger partial charge >= 0.3 is 0 Å². The number of rotatable bonds is 7. The van der Waals surface area contributed by atoms with E-state index in [1.807, 2.05) is 11.7 Å². The maximum atomic E-state index is 6.33. The largest absolute Gasteiger partial charge is 0.311 e. The lowest BCUT2D eigenvalue weighted by atomic mass is 9.93. The Morgan fingerprint density at radius 1 is 1.37 bits per heavy atom. The second-order valence-corrected chi connectivity index (χ2v) is 6.57. The van der Waals surface area contributed by atoms with Crippen molar-refractivity contribution in [3.05, 3.63) is 16.4 Å². The molecule has 0 aromatic carbocycles. The van der Waals surface area contributed by atoms with E-state index in [4.69, 9.17) is 11.6 Å². The van der Waals surface area contributed by atoms with E-state index in [-0.39, 0.29) is 5.41 Å². The van der Waals surface area contributed by atoms with Gasteiger partial charge in [-0.2, -0.15) is 5.10 Å². The molecule has 110 valence electrons.